The van der Waals surface area contributed by atoms with Gasteiger partial charge in [0.1, 0.15) is 11.6 Å². The van der Waals surface area contributed by atoms with Crippen LogP contribution in [0, 0.1) is 24.0 Å². The molecule has 1 saturated heterocycles. The molecule has 0 spiro atoms. The van der Waals surface area contributed by atoms with Crippen LogP contribution in [0.5, 0.6) is 0 Å². The van der Waals surface area contributed by atoms with Crippen LogP contribution >= 0.6 is 43.5 Å². The highest BCUT2D eigenvalue weighted by Crippen LogP contribution is 2.46. The van der Waals surface area contributed by atoms with Crippen LogP contribution in [-0.2, 0) is 68.9 Å². The summed E-state index contributed by atoms with van der Waals surface area (Å²) in [5, 5.41) is 42.3. The van der Waals surface area contributed by atoms with Crippen molar-refractivity contribution < 1.29 is 13.5 Å². The summed E-state index contributed by atoms with van der Waals surface area (Å²) in [5.41, 5.74) is 37.7. The Kier molecular flexibility index (Phi) is 21.9. The monoisotopic (exact) mass is 1830 g/mol. The first-order chi connectivity index (χ1) is 63.0. The number of H-pyrrole nitrogens is 5. The number of benzene rings is 10. The van der Waals surface area contributed by atoms with Gasteiger partial charge in [-0.3, -0.25) is 25.4 Å². The Morgan fingerprint density at radius 3 is 1.14 bits per heavy atom. The van der Waals surface area contributed by atoms with Crippen molar-refractivity contribution in [3.8, 4) is 68.6 Å². The highest BCUT2D eigenvalue weighted by Gasteiger charge is 2.29. The van der Waals surface area contributed by atoms with Gasteiger partial charge >= 0.3 is 0 Å². The van der Waals surface area contributed by atoms with Crippen molar-refractivity contribution in [1.82, 2.24) is 70.7 Å². The first-order valence-corrected chi connectivity index (χ1v) is 46.6. The molecular weight excluding hydrogens is 1740 g/mol. The number of terminal acetylenes is 1. The van der Waals surface area contributed by atoms with Gasteiger partial charge in [-0.25, -0.2) is 28.7 Å². The lowest BCUT2D eigenvalue weighted by molar-refractivity contribution is 0.122. The molecule has 21 heteroatoms. The van der Waals surface area contributed by atoms with Crippen LogP contribution in [0.25, 0.3) is 165 Å². The maximum absolute atomic E-state index is 13.5. The predicted molar refractivity (Wildman–Crippen MR) is 521 cm³/mol. The lowest BCUT2D eigenvalue weighted by Crippen LogP contribution is -2.36. The third kappa shape index (κ3) is 15.1. The van der Waals surface area contributed by atoms with E-state index in [1.807, 2.05) is 79.5 Å². The quantitative estimate of drug-likeness (QED) is 0.0990. The van der Waals surface area contributed by atoms with E-state index in [1.165, 1.54) is 197 Å². The smallest absolute Gasteiger partial charge is 0.124 e. The average molecular weight is 1830 g/mol. The zero-order chi connectivity index (χ0) is 86.0. The molecule has 632 valence electrons. The minimum absolute atomic E-state index is 0.227. The molecule has 0 saturated carbocycles. The molecule has 0 atom stereocenters. The van der Waals surface area contributed by atoms with Crippen LogP contribution in [0.2, 0.25) is 5.02 Å². The number of halogens is 5. The minimum Gasteiger partial charge on any atom is -0.378 e. The van der Waals surface area contributed by atoms with Gasteiger partial charge in [0.2, 0.25) is 0 Å². The molecule has 20 aromatic rings. The van der Waals surface area contributed by atoms with Gasteiger partial charge in [0.25, 0.3) is 0 Å². The van der Waals surface area contributed by atoms with Crippen LogP contribution in [0.1, 0.15) is 125 Å². The zero-order valence-electron chi connectivity index (χ0n) is 70.4. The van der Waals surface area contributed by atoms with Gasteiger partial charge in [0.15, 0.2) is 0 Å². The van der Waals surface area contributed by atoms with Gasteiger partial charge < -0.3 is 14.6 Å². The van der Waals surface area contributed by atoms with E-state index in [9.17, 15) is 8.78 Å². The number of morpholine rings is 1. The Morgan fingerprint density at radius 1 is 0.359 bits per heavy atom. The zero-order valence-corrected chi connectivity index (χ0v) is 74.4. The second kappa shape index (κ2) is 34.7. The van der Waals surface area contributed by atoms with Gasteiger partial charge in [0, 0.05) is 132 Å². The SMILES string of the molecule is C#Cc1ccc(-c2nc3ccc4[nH]ncc4c3c3c2CCCC3)cc1.Clc1ccc(-c2nc3ccc4[nH]ncc4c3c3c2CCCC3)cc1.Fc1ccc(-c2[nH]c3ccc4nccc4c3c3c2CCCC3)c(Br)c1.Fc1ccc(-c2nc3ccc4[nH]ncc4c3c3c2CCCC3)c(Br)c1.c1cc(N2CCOCC2)ccc1-c1nc2ccc3[nH]ncc3c2c2c1CCCC2. The molecule has 16 nitrogen and oxygen atoms in total. The van der Waals surface area contributed by atoms with Gasteiger partial charge in [0.05, 0.1) is 116 Å². The summed E-state index contributed by atoms with van der Waals surface area (Å²) in [6.07, 6.45) is 38.0. The van der Waals surface area contributed by atoms with Gasteiger partial charge in [-0.2, -0.15) is 20.4 Å². The molecule has 0 bridgehead atoms. The second-order valence-electron chi connectivity index (χ2n) is 34.3. The summed E-state index contributed by atoms with van der Waals surface area (Å²) in [6, 6.07) is 57.8. The van der Waals surface area contributed by atoms with Crippen molar-refractivity contribution >= 4 is 158 Å². The molecule has 0 amide bonds. The normalized spacial score (nSPS) is 14.7. The van der Waals surface area contributed by atoms with Gasteiger partial charge in [-0.15, -0.1) is 6.42 Å². The van der Waals surface area contributed by atoms with E-state index in [0.717, 1.165) is 228 Å². The van der Waals surface area contributed by atoms with Gasteiger partial charge in [-0.1, -0.05) is 53.9 Å². The maximum atomic E-state index is 13.5. The molecule has 5 aliphatic carbocycles. The van der Waals surface area contributed by atoms with E-state index < -0.39 is 0 Å². The summed E-state index contributed by atoms with van der Waals surface area (Å²) in [5.74, 6) is 2.21. The van der Waals surface area contributed by atoms with Crippen molar-refractivity contribution in [2.24, 2.45) is 0 Å². The molecule has 26 rings (SSSR count). The van der Waals surface area contributed by atoms with Crippen molar-refractivity contribution in [3.05, 3.63) is 294 Å². The fraction of sp³-hybridized carbons (Fsp3) is 0.224. The molecule has 6 aliphatic rings. The number of aromatic nitrogens is 14. The van der Waals surface area contributed by atoms with E-state index >= 15 is 0 Å². The average Bonchev–Trinajstić information content (AvgIpc) is 1.25. The minimum atomic E-state index is -0.245. The van der Waals surface area contributed by atoms with E-state index in [4.69, 9.17) is 42.7 Å². The number of pyridine rings is 5. The number of aromatic amines is 5. The Balaban J connectivity index is 0.0000000944. The molecule has 1 aliphatic heterocycles. The number of anilines is 1. The number of rotatable bonds is 6. The molecule has 5 N–H and O–H groups in total. The second-order valence-corrected chi connectivity index (χ2v) is 36.5. The number of hydrogen-bond donors (Lipinski definition) is 5. The number of nitrogens with zero attached hydrogens (tertiary/aromatic N) is 10. The molecule has 0 radical (unpaired) electrons. The molecule has 11 heterocycles. The van der Waals surface area contributed by atoms with Crippen LogP contribution in [-0.4, -0.2) is 97.0 Å². The number of fused-ring (bicyclic) bond motifs is 25. The number of nitrogens with one attached hydrogen (secondary N) is 5. The first kappa shape index (κ1) is 80.9. The highest BCUT2D eigenvalue weighted by atomic mass is 79.9. The summed E-state index contributed by atoms with van der Waals surface area (Å²) in [6.45, 7) is 3.54. The maximum Gasteiger partial charge on any atom is 0.124 e. The molecular formula is C107H88Br2ClF2N15O. The van der Waals surface area contributed by atoms with Crippen molar-refractivity contribution in [3.63, 3.8) is 0 Å². The number of aryl methyl sites for hydroxylation is 5. The van der Waals surface area contributed by atoms with E-state index in [-0.39, 0.29) is 11.6 Å². The summed E-state index contributed by atoms with van der Waals surface area (Å²) in [4.78, 5) is 30.7. The van der Waals surface area contributed by atoms with Crippen molar-refractivity contribution in [2.45, 2.75) is 128 Å². The van der Waals surface area contributed by atoms with Crippen LogP contribution < -0.4 is 4.90 Å². The lowest BCUT2D eigenvalue weighted by Gasteiger charge is -2.29. The van der Waals surface area contributed by atoms with E-state index in [1.54, 1.807) is 0 Å². The van der Waals surface area contributed by atoms with Crippen LogP contribution in [0.4, 0.5) is 14.5 Å². The molecule has 10 aromatic heterocycles. The highest BCUT2D eigenvalue weighted by molar-refractivity contribution is 9.11. The number of ether oxygens (including phenoxy) is 1. The molecule has 0 unspecified atom stereocenters. The molecule has 1 fully saturated rings. The van der Waals surface area contributed by atoms with Crippen LogP contribution in [0.3, 0.4) is 0 Å². The third-order valence-electron chi connectivity index (χ3n) is 26.9. The largest absolute Gasteiger partial charge is 0.378 e. The van der Waals surface area contributed by atoms with Gasteiger partial charge in [-0.05, 0) is 355 Å². The Labute approximate surface area is 758 Å². The Morgan fingerprint density at radius 2 is 0.719 bits per heavy atom. The third-order valence-corrected chi connectivity index (χ3v) is 28.5. The topological polar surface area (TPSA) is 207 Å². The fourth-order valence-electron chi connectivity index (χ4n) is 20.9. The van der Waals surface area contributed by atoms with E-state index in [2.05, 4.69) is 197 Å². The lowest BCUT2D eigenvalue weighted by atomic mass is 9.85. The predicted octanol–water partition coefficient (Wildman–Crippen LogP) is 26.2. The van der Waals surface area contributed by atoms with Crippen molar-refractivity contribution in [1.29, 1.82) is 0 Å². The van der Waals surface area contributed by atoms with E-state index in [0.29, 0.717) is 0 Å². The van der Waals surface area contributed by atoms with Crippen molar-refractivity contribution in [2.75, 3.05) is 31.2 Å². The molecule has 128 heavy (non-hydrogen) atoms. The molecule has 10 aromatic carbocycles. The summed E-state index contributed by atoms with van der Waals surface area (Å²) >= 11 is 13.1. The van der Waals surface area contributed by atoms with Crippen LogP contribution in [0.15, 0.2) is 216 Å². The standard InChI is InChI=1S/C24H24N4O.C22H17N3.C21H16BrFN2.C20H15BrFN3.C20H16ClN3/c1-2-4-19-18(3-1)23-20-15-25-27-21(20)9-10-22(23)26-24(19)16-5-7-17(8-6-16)28-11-13-29-14-12-28;1-2-14-7-9-15(10-8-14)22-17-6-4-3-5-16(17)21-18-13-23-25-19(18)11-12-20(21)24-22;22-17-11-12(23)5-6-15(17)21-14-4-2-1-3-13(14)20-16-9-10-24-18(16)7-8-19(20)25-21;21-16-9-11(22)5-6-14(16)20-13-4-2-1-3-12(13)19-15-10-23-25-17(15)7-8-18(19)24-20;21-13-7-5-12(6-8-13)20-15-4-2-1-3-14(15)19-16-11-22-24-17(16)9-10-18(19)23-20/h5-10,15H,1-4,11-14H2,(H,25,27);1,7-13H,3-6H2,(H,23,25);5-11,25H,1-4H2;5-10H,1-4H2,(H,23,25);5-11H,1-4H2,(H,22,24). The first-order valence-electron chi connectivity index (χ1n) is 44.7. The summed E-state index contributed by atoms with van der Waals surface area (Å²) in [7, 11) is 0. The Hall–Kier alpha value is -12.9. The summed E-state index contributed by atoms with van der Waals surface area (Å²) < 4.78 is 34.1. The fourth-order valence-corrected chi connectivity index (χ4v) is 22.1. The Bertz CT molecular complexity index is 7620. The number of hydrogen-bond acceptors (Lipinski definition) is 11.